The van der Waals surface area contributed by atoms with Crippen LogP contribution in [-0.4, -0.2) is 73.3 Å². The molecule has 0 heterocycles. The summed E-state index contributed by atoms with van der Waals surface area (Å²) in [6.07, 6.45) is 37.1. The van der Waals surface area contributed by atoms with Gasteiger partial charge in [0.05, 0.1) is 19.4 Å². The van der Waals surface area contributed by atoms with Gasteiger partial charge >= 0.3 is 23.9 Å². The van der Waals surface area contributed by atoms with Crippen LogP contribution in [0.2, 0.25) is 0 Å². The lowest BCUT2D eigenvalue weighted by Crippen LogP contribution is -2.30. The molecule has 0 atom stereocenters. The van der Waals surface area contributed by atoms with Crippen molar-refractivity contribution in [3.05, 3.63) is 0 Å². The third kappa shape index (κ3) is 44.3. The van der Waals surface area contributed by atoms with Crippen LogP contribution in [0.5, 0.6) is 0 Å². The van der Waals surface area contributed by atoms with Crippen molar-refractivity contribution < 1.29 is 38.1 Å². The smallest absolute Gasteiger partial charge is 0.306 e. The Morgan fingerprint density at radius 2 is 0.770 bits per heavy atom. The minimum absolute atomic E-state index is 0.0105. The summed E-state index contributed by atoms with van der Waals surface area (Å²) in [5, 5.41) is 0. The molecule has 0 saturated carbocycles. The van der Waals surface area contributed by atoms with Gasteiger partial charge in [-0.1, -0.05) is 162 Å². The summed E-state index contributed by atoms with van der Waals surface area (Å²) in [5.41, 5.74) is -0.580. The average molecular weight is 866 g/mol. The largest absolute Gasteiger partial charge is 0.466 e. The second-order valence-corrected chi connectivity index (χ2v) is 18.8. The number of nitrogens with zero attached hydrogens (tertiary/aromatic N) is 1. The van der Waals surface area contributed by atoms with Gasteiger partial charge in [0.2, 0.25) is 0 Å². The van der Waals surface area contributed by atoms with E-state index in [-0.39, 0.29) is 43.5 Å². The predicted molar refractivity (Wildman–Crippen MR) is 253 cm³/mol. The first-order valence-electron chi connectivity index (χ1n) is 26.0. The Balaban J connectivity index is 4.60. The van der Waals surface area contributed by atoms with Crippen LogP contribution in [0.4, 0.5) is 0 Å². The Morgan fingerprint density at radius 3 is 1.28 bits per heavy atom. The van der Waals surface area contributed by atoms with E-state index in [1.54, 1.807) is 0 Å². The molecule has 9 heteroatoms. The Morgan fingerprint density at radius 1 is 0.393 bits per heavy atom. The van der Waals surface area contributed by atoms with Crippen LogP contribution in [0.25, 0.3) is 0 Å². The van der Waals surface area contributed by atoms with Crippen molar-refractivity contribution in [3.63, 3.8) is 0 Å². The van der Waals surface area contributed by atoms with Crippen molar-refractivity contribution in [3.8, 4) is 0 Å². The first kappa shape index (κ1) is 58.8. The molecule has 0 bridgehead atoms. The highest BCUT2D eigenvalue weighted by Gasteiger charge is 2.18. The van der Waals surface area contributed by atoms with Crippen molar-refractivity contribution in [2.24, 2.45) is 0 Å². The second-order valence-electron chi connectivity index (χ2n) is 18.8. The summed E-state index contributed by atoms with van der Waals surface area (Å²) < 4.78 is 22.3. The first-order chi connectivity index (χ1) is 29.5. The van der Waals surface area contributed by atoms with E-state index in [9.17, 15) is 19.2 Å². The fraction of sp³-hybridized carbons (Fsp3) is 0.923. The zero-order valence-electron chi connectivity index (χ0n) is 41.1. The minimum Gasteiger partial charge on any atom is -0.466 e. The zero-order valence-corrected chi connectivity index (χ0v) is 41.1. The Bertz CT molecular complexity index is 1010. The highest BCUT2D eigenvalue weighted by molar-refractivity contribution is 5.77. The van der Waals surface area contributed by atoms with Crippen molar-refractivity contribution in [2.45, 2.75) is 278 Å². The van der Waals surface area contributed by atoms with E-state index in [0.717, 1.165) is 103 Å². The molecule has 0 fully saturated rings. The molecular formula is C52H99NO8. The number of carbonyl (C=O) groups excluding carboxylic acids is 4. The summed E-state index contributed by atoms with van der Waals surface area (Å²) in [4.78, 5) is 51.9. The Hall–Kier alpha value is -2.16. The minimum atomic E-state index is -0.580. The fourth-order valence-corrected chi connectivity index (χ4v) is 7.69. The number of hydrogen-bond donors (Lipinski definition) is 0. The maximum Gasteiger partial charge on any atom is 0.306 e. The van der Waals surface area contributed by atoms with E-state index in [1.165, 1.54) is 109 Å². The fourth-order valence-electron chi connectivity index (χ4n) is 7.69. The summed E-state index contributed by atoms with van der Waals surface area (Å²) in [6.45, 7) is 15.4. The Kier molecular flexibility index (Phi) is 41.6. The van der Waals surface area contributed by atoms with Gasteiger partial charge in [0, 0.05) is 19.4 Å². The molecule has 0 radical (unpaired) electrons. The third-order valence-corrected chi connectivity index (χ3v) is 11.4. The van der Waals surface area contributed by atoms with Gasteiger partial charge in [0.25, 0.3) is 0 Å². The van der Waals surface area contributed by atoms with Crippen molar-refractivity contribution in [2.75, 3.05) is 32.8 Å². The number of unbranched alkanes of at least 4 members (excludes halogenated alkanes) is 24. The molecule has 0 aliphatic heterocycles. The van der Waals surface area contributed by atoms with E-state index in [0.29, 0.717) is 26.0 Å². The monoisotopic (exact) mass is 866 g/mol. The van der Waals surface area contributed by atoms with Crippen LogP contribution >= 0.6 is 0 Å². The van der Waals surface area contributed by atoms with Crippen LogP contribution in [0.15, 0.2) is 0 Å². The molecule has 0 saturated heterocycles. The van der Waals surface area contributed by atoms with E-state index in [4.69, 9.17) is 18.9 Å². The quantitative estimate of drug-likeness (QED) is 0.0336. The molecule has 0 spiro atoms. The van der Waals surface area contributed by atoms with Gasteiger partial charge in [-0.15, -0.1) is 0 Å². The van der Waals surface area contributed by atoms with Crippen LogP contribution in [0, 0.1) is 0 Å². The maximum absolute atomic E-state index is 12.9. The molecule has 0 aliphatic carbocycles. The molecule has 0 unspecified atom stereocenters. The van der Waals surface area contributed by atoms with E-state index in [2.05, 4.69) is 25.7 Å². The lowest BCUT2D eigenvalue weighted by molar-refractivity contribution is -0.158. The number of hydrogen-bond acceptors (Lipinski definition) is 9. The Labute approximate surface area is 376 Å². The third-order valence-electron chi connectivity index (χ3n) is 11.4. The lowest BCUT2D eigenvalue weighted by Gasteiger charge is -2.22. The van der Waals surface area contributed by atoms with Gasteiger partial charge in [0.1, 0.15) is 18.3 Å². The van der Waals surface area contributed by atoms with Gasteiger partial charge < -0.3 is 18.9 Å². The molecule has 0 aromatic heterocycles. The molecule has 360 valence electrons. The summed E-state index contributed by atoms with van der Waals surface area (Å²) in [7, 11) is 0. The zero-order chi connectivity index (χ0) is 45.1. The van der Waals surface area contributed by atoms with Gasteiger partial charge in [-0.05, 0) is 91.6 Å². The number of esters is 4. The van der Waals surface area contributed by atoms with Crippen molar-refractivity contribution >= 4 is 23.9 Å². The van der Waals surface area contributed by atoms with Gasteiger partial charge in [-0.25, -0.2) is 0 Å². The highest BCUT2D eigenvalue weighted by Crippen LogP contribution is 2.19. The van der Waals surface area contributed by atoms with E-state index in [1.807, 2.05) is 20.8 Å². The molecule has 0 aliphatic rings. The molecular weight excluding hydrogens is 767 g/mol. The summed E-state index contributed by atoms with van der Waals surface area (Å²) in [5.74, 6) is -0.905. The van der Waals surface area contributed by atoms with Gasteiger partial charge in [-0.2, -0.15) is 0 Å². The highest BCUT2D eigenvalue weighted by atomic mass is 16.6. The standard InChI is InChI=1S/C52H99NO8/c1-7-10-13-16-19-20-21-27-35-45-58-48(54)38-32-28-34-43-53(44-46-59-49(55)40-41-51(57)61-52(4,5)6)42-33-26-22-25-31-39-50(56)60-47(36-29-23-17-14-11-8-2)37-30-24-18-15-12-9-3/h47H,7-46H2,1-6H3. The molecule has 0 aromatic carbocycles. The predicted octanol–water partition coefficient (Wildman–Crippen LogP) is 14.3. The maximum atomic E-state index is 12.9. The molecule has 0 N–H and O–H groups in total. The van der Waals surface area contributed by atoms with E-state index >= 15 is 0 Å². The van der Waals surface area contributed by atoms with Crippen LogP contribution in [0.1, 0.15) is 266 Å². The average Bonchev–Trinajstić information content (AvgIpc) is 3.21. The number of carbonyl (C=O) groups is 4. The molecule has 0 aromatic rings. The summed E-state index contributed by atoms with van der Waals surface area (Å²) in [6, 6.07) is 0. The first-order valence-corrected chi connectivity index (χ1v) is 26.0. The lowest BCUT2D eigenvalue weighted by atomic mass is 10.0. The molecule has 0 amide bonds. The SMILES string of the molecule is CCCCCCCCCCCOC(=O)CCCCCN(CCCCCCCC(=O)OC(CCCCCCCC)CCCCCCCC)CCOC(=O)CCC(=O)OC(C)(C)C. The van der Waals surface area contributed by atoms with Gasteiger partial charge in [-0.3, -0.25) is 24.1 Å². The molecule has 61 heavy (non-hydrogen) atoms. The van der Waals surface area contributed by atoms with Crippen LogP contribution in [0.3, 0.4) is 0 Å². The van der Waals surface area contributed by atoms with Crippen molar-refractivity contribution in [1.29, 1.82) is 0 Å². The topological polar surface area (TPSA) is 108 Å². The van der Waals surface area contributed by atoms with Gasteiger partial charge in [0.15, 0.2) is 0 Å². The summed E-state index contributed by atoms with van der Waals surface area (Å²) >= 11 is 0. The number of ether oxygens (including phenoxy) is 4. The van der Waals surface area contributed by atoms with Crippen molar-refractivity contribution in [1.82, 2.24) is 4.90 Å². The van der Waals surface area contributed by atoms with Crippen LogP contribution in [-0.2, 0) is 38.1 Å². The van der Waals surface area contributed by atoms with E-state index < -0.39 is 11.6 Å². The normalized spacial score (nSPS) is 11.7. The second kappa shape index (κ2) is 43.1. The number of rotatable bonds is 45. The van der Waals surface area contributed by atoms with Crippen LogP contribution < -0.4 is 0 Å². The molecule has 9 nitrogen and oxygen atoms in total. The molecule has 0 rings (SSSR count).